The SMILES string of the molecule is O=C(NNC1CCS(=O)(=O)C1)c1ccc([N+](=O)[O-])cc1[N+](=O)[O-]. The van der Waals surface area contributed by atoms with E-state index in [1.54, 1.807) is 0 Å². The Morgan fingerprint density at radius 2 is 1.91 bits per heavy atom. The lowest BCUT2D eigenvalue weighted by molar-refractivity contribution is -0.394. The van der Waals surface area contributed by atoms with Crippen molar-refractivity contribution in [3.63, 3.8) is 0 Å². The van der Waals surface area contributed by atoms with Crippen molar-refractivity contribution in [1.29, 1.82) is 0 Å². The van der Waals surface area contributed by atoms with Gasteiger partial charge >= 0.3 is 0 Å². The third kappa shape index (κ3) is 3.98. The molecule has 2 rings (SSSR count). The highest BCUT2D eigenvalue weighted by Crippen LogP contribution is 2.24. The first-order chi connectivity index (χ1) is 10.7. The predicted molar refractivity (Wildman–Crippen MR) is 77.4 cm³/mol. The summed E-state index contributed by atoms with van der Waals surface area (Å²) in [7, 11) is -3.14. The number of nitro groups is 2. The summed E-state index contributed by atoms with van der Waals surface area (Å²) >= 11 is 0. The fourth-order valence-corrected chi connectivity index (χ4v) is 3.79. The van der Waals surface area contributed by atoms with E-state index in [2.05, 4.69) is 10.9 Å². The van der Waals surface area contributed by atoms with Crippen LogP contribution in [-0.4, -0.2) is 41.7 Å². The largest absolute Gasteiger partial charge is 0.289 e. The molecule has 124 valence electrons. The fraction of sp³-hybridized carbons (Fsp3) is 0.364. The van der Waals surface area contributed by atoms with Gasteiger partial charge in [0, 0.05) is 12.1 Å². The minimum Gasteiger partial charge on any atom is -0.287 e. The zero-order chi connectivity index (χ0) is 17.2. The van der Waals surface area contributed by atoms with Crippen LogP contribution < -0.4 is 10.9 Å². The van der Waals surface area contributed by atoms with Crippen LogP contribution in [0.2, 0.25) is 0 Å². The Bertz CT molecular complexity index is 777. The molecular formula is C11H12N4O7S. The first-order valence-corrected chi connectivity index (χ1v) is 8.21. The molecule has 11 nitrogen and oxygen atoms in total. The number of carbonyl (C=O) groups excluding carboxylic acids is 1. The Hall–Kier alpha value is -2.60. The third-order valence-corrected chi connectivity index (χ3v) is 5.02. The van der Waals surface area contributed by atoms with E-state index in [-0.39, 0.29) is 17.1 Å². The molecule has 0 radical (unpaired) electrons. The van der Waals surface area contributed by atoms with Gasteiger partial charge in [0.1, 0.15) is 5.56 Å². The van der Waals surface area contributed by atoms with Crippen molar-refractivity contribution in [3.05, 3.63) is 44.0 Å². The number of rotatable bonds is 5. The van der Waals surface area contributed by atoms with Crippen molar-refractivity contribution >= 4 is 27.1 Å². The number of hydrazine groups is 1. The summed E-state index contributed by atoms with van der Waals surface area (Å²) in [5, 5.41) is 21.6. The Morgan fingerprint density at radius 1 is 1.22 bits per heavy atom. The molecule has 0 aromatic heterocycles. The standard InChI is InChI=1S/C11H12N4O7S/c16-11(13-12-7-3-4-23(21,22)6-7)9-2-1-8(14(17)18)5-10(9)15(19)20/h1-2,5,7,12H,3-4,6H2,(H,13,16). The number of carbonyl (C=O) groups is 1. The number of amides is 1. The van der Waals surface area contributed by atoms with Crippen LogP contribution in [-0.2, 0) is 9.84 Å². The molecule has 23 heavy (non-hydrogen) atoms. The Morgan fingerprint density at radius 3 is 2.43 bits per heavy atom. The number of nitrogens with zero attached hydrogens (tertiary/aromatic N) is 2. The Labute approximate surface area is 129 Å². The van der Waals surface area contributed by atoms with Gasteiger partial charge in [0.05, 0.1) is 27.4 Å². The number of hydrogen-bond donors (Lipinski definition) is 2. The lowest BCUT2D eigenvalue weighted by Crippen LogP contribution is -2.45. The van der Waals surface area contributed by atoms with Crippen molar-refractivity contribution in [3.8, 4) is 0 Å². The lowest BCUT2D eigenvalue weighted by Gasteiger charge is -2.12. The van der Waals surface area contributed by atoms with Crippen LogP contribution in [0.1, 0.15) is 16.8 Å². The van der Waals surface area contributed by atoms with Crippen LogP contribution in [0.3, 0.4) is 0 Å². The molecule has 1 amide bonds. The van der Waals surface area contributed by atoms with Crippen LogP contribution in [0.15, 0.2) is 18.2 Å². The molecule has 1 saturated heterocycles. The van der Waals surface area contributed by atoms with Crippen molar-refractivity contribution in [2.24, 2.45) is 0 Å². The predicted octanol–water partition coefficient (Wildman–Crippen LogP) is -0.0755. The maximum atomic E-state index is 12.0. The molecule has 1 aromatic carbocycles. The van der Waals surface area contributed by atoms with Gasteiger partial charge in [0.2, 0.25) is 0 Å². The molecule has 2 N–H and O–H groups in total. The quantitative estimate of drug-likeness (QED) is 0.553. The van der Waals surface area contributed by atoms with Gasteiger partial charge in [-0.1, -0.05) is 0 Å². The third-order valence-electron chi connectivity index (χ3n) is 3.26. The van der Waals surface area contributed by atoms with Gasteiger partial charge in [-0.05, 0) is 12.5 Å². The van der Waals surface area contributed by atoms with Gasteiger partial charge in [0.25, 0.3) is 17.3 Å². The maximum absolute atomic E-state index is 12.0. The molecule has 1 aromatic rings. The van der Waals surface area contributed by atoms with Crippen LogP contribution >= 0.6 is 0 Å². The summed E-state index contributed by atoms with van der Waals surface area (Å²) in [6.07, 6.45) is 0.310. The van der Waals surface area contributed by atoms with E-state index in [1.165, 1.54) is 0 Å². The number of nitrogens with one attached hydrogen (secondary N) is 2. The van der Waals surface area contributed by atoms with Crippen LogP contribution in [0.5, 0.6) is 0 Å². The first-order valence-electron chi connectivity index (χ1n) is 6.39. The Kier molecular flexibility index (Phi) is 4.56. The van der Waals surface area contributed by atoms with Crippen LogP contribution in [0.4, 0.5) is 11.4 Å². The summed E-state index contributed by atoms with van der Waals surface area (Å²) in [6, 6.07) is 2.15. The monoisotopic (exact) mass is 344 g/mol. The smallest absolute Gasteiger partial charge is 0.287 e. The lowest BCUT2D eigenvalue weighted by atomic mass is 10.1. The van der Waals surface area contributed by atoms with Gasteiger partial charge in [-0.2, -0.15) is 0 Å². The molecule has 1 aliphatic rings. The van der Waals surface area contributed by atoms with Gasteiger partial charge < -0.3 is 0 Å². The second-order valence-corrected chi connectivity index (χ2v) is 7.14. The van der Waals surface area contributed by atoms with Gasteiger partial charge in [-0.15, -0.1) is 0 Å². The first kappa shape index (κ1) is 16.8. The van der Waals surface area contributed by atoms with E-state index in [1.807, 2.05) is 0 Å². The highest BCUT2D eigenvalue weighted by molar-refractivity contribution is 7.91. The molecule has 12 heteroatoms. The van der Waals surface area contributed by atoms with Crippen molar-refractivity contribution < 1.29 is 23.1 Å². The van der Waals surface area contributed by atoms with Crippen molar-refractivity contribution in [1.82, 2.24) is 10.9 Å². The van der Waals surface area contributed by atoms with E-state index >= 15 is 0 Å². The second-order valence-electron chi connectivity index (χ2n) is 4.91. The summed E-state index contributed by atoms with van der Waals surface area (Å²) < 4.78 is 22.6. The normalized spacial score (nSPS) is 19.2. The Balaban J connectivity index is 2.13. The van der Waals surface area contributed by atoms with E-state index < -0.39 is 43.0 Å². The number of hydrogen-bond acceptors (Lipinski definition) is 8. The van der Waals surface area contributed by atoms with Crippen LogP contribution in [0, 0.1) is 20.2 Å². The highest BCUT2D eigenvalue weighted by atomic mass is 32.2. The number of sulfone groups is 1. The van der Waals surface area contributed by atoms with Crippen LogP contribution in [0.25, 0.3) is 0 Å². The van der Waals surface area contributed by atoms with Crippen molar-refractivity contribution in [2.45, 2.75) is 12.5 Å². The maximum Gasteiger partial charge on any atom is 0.289 e. The number of nitro benzene ring substituents is 2. The summed E-state index contributed by atoms with van der Waals surface area (Å²) in [4.78, 5) is 31.8. The van der Waals surface area contributed by atoms with Crippen molar-refractivity contribution in [2.75, 3.05) is 11.5 Å². The van der Waals surface area contributed by atoms with E-state index in [0.29, 0.717) is 12.5 Å². The minimum atomic E-state index is -3.14. The molecule has 0 bridgehead atoms. The van der Waals surface area contributed by atoms with Gasteiger partial charge in [-0.3, -0.25) is 30.4 Å². The topological polar surface area (TPSA) is 162 Å². The number of non-ortho nitro benzene ring substituents is 1. The fourth-order valence-electron chi connectivity index (χ4n) is 2.12. The van der Waals surface area contributed by atoms with E-state index in [9.17, 15) is 33.4 Å². The summed E-state index contributed by atoms with van der Waals surface area (Å²) in [5.41, 5.74) is 3.11. The molecule has 0 spiro atoms. The van der Waals surface area contributed by atoms with E-state index in [0.717, 1.165) is 12.1 Å². The molecule has 1 fully saturated rings. The minimum absolute atomic E-state index is 0.00177. The highest BCUT2D eigenvalue weighted by Gasteiger charge is 2.29. The average molecular weight is 344 g/mol. The molecule has 1 aliphatic heterocycles. The zero-order valence-electron chi connectivity index (χ0n) is 11.6. The summed E-state index contributed by atoms with van der Waals surface area (Å²) in [5.74, 6) is -1.02. The molecule has 1 heterocycles. The average Bonchev–Trinajstić information content (AvgIpc) is 2.83. The summed E-state index contributed by atoms with van der Waals surface area (Å²) in [6.45, 7) is 0. The van der Waals surface area contributed by atoms with Gasteiger partial charge in [0.15, 0.2) is 9.84 Å². The number of benzene rings is 1. The molecular weight excluding hydrogens is 332 g/mol. The second kappa shape index (κ2) is 6.26. The zero-order valence-corrected chi connectivity index (χ0v) is 12.4. The molecule has 0 aliphatic carbocycles. The van der Waals surface area contributed by atoms with Gasteiger partial charge in [-0.25, -0.2) is 13.8 Å². The molecule has 1 atom stereocenters. The molecule has 0 saturated carbocycles. The molecule has 1 unspecified atom stereocenters. The van der Waals surface area contributed by atoms with E-state index in [4.69, 9.17) is 0 Å².